The second kappa shape index (κ2) is 3.70. The van der Waals surface area contributed by atoms with Crippen LogP contribution in [0.1, 0.15) is 31.1 Å². The molecule has 0 saturated heterocycles. The van der Waals surface area contributed by atoms with Gasteiger partial charge < -0.3 is 10.7 Å². The highest BCUT2D eigenvalue weighted by molar-refractivity contribution is 5.85. The summed E-state index contributed by atoms with van der Waals surface area (Å²) in [6, 6.07) is 8.45. The van der Waals surface area contributed by atoms with Crippen LogP contribution >= 0.6 is 0 Å². The molecular formula is C13H18N2. The number of rotatable bonds is 2. The van der Waals surface area contributed by atoms with Crippen LogP contribution in [-0.2, 0) is 0 Å². The summed E-state index contributed by atoms with van der Waals surface area (Å²) in [5.41, 5.74) is 9.87. The third-order valence-corrected chi connectivity index (χ3v) is 2.99. The number of hydrogen-bond acceptors (Lipinski definition) is 1. The van der Waals surface area contributed by atoms with Crippen LogP contribution in [0.25, 0.3) is 10.9 Å². The Labute approximate surface area is 90.5 Å². The molecule has 0 radical (unpaired) electrons. The molecule has 2 heteroatoms. The molecule has 2 aromatic rings. The summed E-state index contributed by atoms with van der Waals surface area (Å²) in [6.07, 6.45) is 0. The van der Waals surface area contributed by atoms with Crippen molar-refractivity contribution in [2.45, 2.75) is 26.8 Å². The van der Waals surface area contributed by atoms with Gasteiger partial charge in [-0.15, -0.1) is 0 Å². The molecule has 1 atom stereocenters. The molecule has 2 rings (SSSR count). The van der Waals surface area contributed by atoms with Gasteiger partial charge in [0.15, 0.2) is 0 Å². The van der Waals surface area contributed by atoms with Crippen LogP contribution in [-0.4, -0.2) is 4.98 Å². The van der Waals surface area contributed by atoms with Gasteiger partial charge in [0.1, 0.15) is 0 Å². The van der Waals surface area contributed by atoms with Gasteiger partial charge in [-0.1, -0.05) is 32.0 Å². The van der Waals surface area contributed by atoms with Crippen LogP contribution < -0.4 is 5.73 Å². The number of nitrogens with two attached hydrogens (primary N) is 1. The summed E-state index contributed by atoms with van der Waals surface area (Å²) in [4.78, 5) is 3.38. The lowest BCUT2D eigenvalue weighted by molar-refractivity contribution is 0.515. The quantitative estimate of drug-likeness (QED) is 0.771. The van der Waals surface area contributed by atoms with Gasteiger partial charge in [-0.2, -0.15) is 0 Å². The normalized spacial score (nSPS) is 13.7. The molecule has 2 nitrogen and oxygen atoms in total. The fourth-order valence-electron chi connectivity index (χ4n) is 2.06. The number of aryl methyl sites for hydroxylation is 1. The Kier molecular flexibility index (Phi) is 2.53. The summed E-state index contributed by atoms with van der Waals surface area (Å²) in [7, 11) is 0. The molecule has 0 bridgehead atoms. The molecular weight excluding hydrogens is 184 g/mol. The van der Waals surface area contributed by atoms with Crippen molar-refractivity contribution in [3.63, 3.8) is 0 Å². The topological polar surface area (TPSA) is 41.8 Å². The zero-order chi connectivity index (χ0) is 11.0. The molecule has 80 valence electrons. The summed E-state index contributed by atoms with van der Waals surface area (Å²) in [6.45, 7) is 6.41. The van der Waals surface area contributed by atoms with E-state index in [-0.39, 0.29) is 6.04 Å². The second-order valence-corrected chi connectivity index (χ2v) is 4.48. The van der Waals surface area contributed by atoms with Gasteiger partial charge in [-0.3, -0.25) is 0 Å². The minimum absolute atomic E-state index is 0.112. The standard InChI is InChI=1S/C13H18N2/c1-8(2)13(14)12-9(3)15-11-7-5-4-6-10(11)12/h4-8,13,15H,14H2,1-3H3. The number of aromatic amines is 1. The van der Waals surface area contributed by atoms with Crippen LogP contribution in [0.3, 0.4) is 0 Å². The average molecular weight is 202 g/mol. The van der Waals surface area contributed by atoms with Crippen molar-refractivity contribution in [3.8, 4) is 0 Å². The molecule has 0 aliphatic rings. The fraction of sp³-hybridized carbons (Fsp3) is 0.385. The predicted octanol–water partition coefficient (Wildman–Crippen LogP) is 3.13. The maximum atomic E-state index is 6.23. The van der Waals surface area contributed by atoms with E-state index in [2.05, 4.69) is 44.0 Å². The smallest absolute Gasteiger partial charge is 0.0459 e. The molecule has 0 saturated carbocycles. The summed E-state index contributed by atoms with van der Waals surface area (Å²) >= 11 is 0. The van der Waals surface area contributed by atoms with Crippen molar-refractivity contribution < 1.29 is 0 Å². The predicted molar refractivity (Wildman–Crippen MR) is 64.8 cm³/mol. The number of aromatic nitrogens is 1. The molecule has 0 aliphatic carbocycles. The van der Waals surface area contributed by atoms with Gasteiger partial charge in [-0.05, 0) is 24.5 Å². The summed E-state index contributed by atoms with van der Waals surface area (Å²) in [5.74, 6) is 0.461. The molecule has 0 amide bonds. The molecule has 1 aromatic carbocycles. The number of H-pyrrole nitrogens is 1. The molecule has 3 N–H and O–H groups in total. The third-order valence-electron chi connectivity index (χ3n) is 2.99. The van der Waals surface area contributed by atoms with Crippen molar-refractivity contribution in [1.29, 1.82) is 0 Å². The Morgan fingerprint density at radius 3 is 2.53 bits per heavy atom. The van der Waals surface area contributed by atoms with Gasteiger partial charge in [0.25, 0.3) is 0 Å². The largest absolute Gasteiger partial charge is 0.358 e. The lowest BCUT2D eigenvalue weighted by Crippen LogP contribution is -2.17. The van der Waals surface area contributed by atoms with E-state index in [1.165, 1.54) is 22.2 Å². The zero-order valence-electron chi connectivity index (χ0n) is 9.54. The maximum absolute atomic E-state index is 6.23. The van der Waals surface area contributed by atoms with Crippen molar-refractivity contribution >= 4 is 10.9 Å². The Balaban J connectivity index is 2.63. The van der Waals surface area contributed by atoms with Crippen molar-refractivity contribution in [3.05, 3.63) is 35.5 Å². The molecule has 1 unspecified atom stereocenters. The van der Waals surface area contributed by atoms with E-state index in [1.807, 2.05) is 6.07 Å². The zero-order valence-corrected chi connectivity index (χ0v) is 9.54. The molecule has 0 fully saturated rings. The maximum Gasteiger partial charge on any atom is 0.0459 e. The minimum atomic E-state index is 0.112. The van der Waals surface area contributed by atoms with Crippen LogP contribution in [0.5, 0.6) is 0 Å². The van der Waals surface area contributed by atoms with E-state index < -0.39 is 0 Å². The first-order valence-electron chi connectivity index (χ1n) is 5.44. The Morgan fingerprint density at radius 1 is 1.20 bits per heavy atom. The Bertz CT molecular complexity index is 468. The van der Waals surface area contributed by atoms with Crippen LogP contribution in [0.15, 0.2) is 24.3 Å². The van der Waals surface area contributed by atoms with E-state index in [1.54, 1.807) is 0 Å². The first-order valence-corrected chi connectivity index (χ1v) is 5.44. The van der Waals surface area contributed by atoms with Gasteiger partial charge in [0, 0.05) is 22.6 Å². The van der Waals surface area contributed by atoms with Gasteiger partial charge in [-0.25, -0.2) is 0 Å². The van der Waals surface area contributed by atoms with Gasteiger partial charge >= 0.3 is 0 Å². The molecule has 15 heavy (non-hydrogen) atoms. The third kappa shape index (κ3) is 1.65. The monoisotopic (exact) mass is 202 g/mol. The molecule has 0 aliphatic heterocycles. The number of nitrogens with one attached hydrogen (secondary N) is 1. The number of benzene rings is 1. The van der Waals surface area contributed by atoms with Crippen LogP contribution in [0, 0.1) is 12.8 Å². The average Bonchev–Trinajstić information content (AvgIpc) is 2.52. The number of hydrogen-bond donors (Lipinski definition) is 2. The summed E-state index contributed by atoms with van der Waals surface area (Å²) < 4.78 is 0. The van der Waals surface area contributed by atoms with E-state index >= 15 is 0 Å². The highest BCUT2D eigenvalue weighted by atomic mass is 14.7. The van der Waals surface area contributed by atoms with E-state index in [0.717, 1.165) is 0 Å². The Hall–Kier alpha value is -1.28. The van der Waals surface area contributed by atoms with Gasteiger partial charge in [0.2, 0.25) is 0 Å². The highest BCUT2D eigenvalue weighted by Gasteiger charge is 2.17. The fourth-order valence-corrected chi connectivity index (χ4v) is 2.06. The molecule has 1 heterocycles. The lowest BCUT2D eigenvalue weighted by atomic mass is 9.95. The van der Waals surface area contributed by atoms with E-state index in [9.17, 15) is 0 Å². The molecule has 1 aromatic heterocycles. The second-order valence-electron chi connectivity index (χ2n) is 4.48. The Morgan fingerprint density at radius 2 is 1.87 bits per heavy atom. The van der Waals surface area contributed by atoms with Crippen LogP contribution in [0.4, 0.5) is 0 Å². The SMILES string of the molecule is Cc1[nH]c2ccccc2c1C(N)C(C)C. The van der Waals surface area contributed by atoms with Crippen molar-refractivity contribution in [2.75, 3.05) is 0 Å². The van der Waals surface area contributed by atoms with Crippen LogP contribution in [0.2, 0.25) is 0 Å². The van der Waals surface area contributed by atoms with E-state index in [0.29, 0.717) is 5.92 Å². The first kappa shape index (κ1) is 10.2. The van der Waals surface area contributed by atoms with Crippen molar-refractivity contribution in [2.24, 2.45) is 11.7 Å². The first-order chi connectivity index (χ1) is 7.11. The van der Waals surface area contributed by atoms with Crippen molar-refractivity contribution in [1.82, 2.24) is 4.98 Å². The minimum Gasteiger partial charge on any atom is -0.358 e. The van der Waals surface area contributed by atoms with Gasteiger partial charge in [0.05, 0.1) is 0 Å². The summed E-state index contributed by atoms with van der Waals surface area (Å²) in [5, 5.41) is 1.26. The number of fused-ring (bicyclic) bond motifs is 1. The highest BCUT2D eigenvalue weighted by Crippen LogP contribution is 2.29. The number of para-hydroxylation sites is 1. The lowest BCUT2D eigenvalue weighted by Gasteiger charge is -2.16. The molecule has 0 spiro atoms. The van der Waals surface area contributed by atoms with E-state index in [4.69, 9.17) is 5.73 Å².